The van der Waals surface area contributed by atoms with Crippen LogP contribution in [0.2, 0.25) is 0 Å². The van der Waals surface area contributed by atoms with Crippen molar-refractivity contribution in [3.8, 4) is 6.01 Å². The van der Waals surface area contributed by atoms with Gasteiger partial charge in [0.05, 0.1) is 23.1 Å². The Balaban J connectivity index is 1.27. The summed E-state index contributed by atoms with van der Waals surface area (Å²) in [5.74, 6) is 0.712. The molecule has 0 N–H and O–H groups in total. The minimum atomic E-state index is -0.811. The number of aromatic nitrogens is 3. The summed E-state index contributed by atoms with van der Waals surface area (Å²) in [7, 11) is 0. The number of pyridine rings is 1. The van der Waals surface area contributed by atoms with E-state index in [1.54, 1.807) is 6.20 Å². The Hall–Kier alpha value is -2.27. The van der Waals surface area contributed by atoms with Crippen LogP contribution in [0.25, 0.3) is 11.0 Å². The number of carbonyl (C=O) groups excluding carboxylic acids is 1. The summed E-state index contributed by atoms with van der Waals surface area (Å²) in [4.78, 5) is 33.4. The van der Waals surface area contributed by atoms with Gasteiger partial charge in [-0.05, 0) is 75.0 Å². The van der Waals surface area contributed by atoms with E-state index in [2.05, 4.69) is 35.7 Å². The lowest BCUT2D eigenvalue weighted by Gasteiger charge is -2.41. The fourth-order valence-electron chi connectivity index (χ4n) is 6.58. The summed E-state index contributed by atoms with van der Waals surface area (Å²) in [5, 5.41) is 0. The molecule has 0 aromatic carbocycles. The average molecular weight is 577 g/mol. The summed E-state index contributed by atoms with van der Waals surface area (Å²) >= 11 is 3.51. The standard InChI is InChI=1S/C26H34BrFN6O3/c1-25(2,3)37-24(35)34-18-5-6-19(34)14-32(13-18)22-21-20(9-16(27)11-29-21)30-23(31-22)36-15-26-7-4-8-33(26)12-17(28)10-26/h9,11,17-19H,4-8,10,12-15H2,1-3H3/t17-,18?,19?,26?/m1/s1. The second-order valence-corrected chi connectivity index (χ2v) is 12.8. The number of anilines is 1. The highest BCUT2D eigenvalue weighted by atomic mass is 79.9. The first kappa shape index (κ1) is 25.0. The van der Waals surface area contributed by atoms with E-state index in [4.69, 9.17) is 14.5 Å². The van der Waals surface area contributed by atoms with Crippen LogP contribution in [-0.2, 0) is 4.74 Å². The molecule has 4 atom stereocenters. The van der Waals surface area contributed by atoms with Crippen LogP contribution in [0.1, 0.15) is 52.9 Å². The summed E-state index contributed by atoms with van der Waals surface area (Å²) in [6.07, 6.45) is 5.02. The maximum absolute atomic E-state index is 14.2. The Kier molecular flexibility index (Phi) is 6.21. The van der Waals surface area contributed by atoms with Crippen molar-refractivity contribution in [1.82, 2.24) is 24.8 Å². The van der Waals surface area contributed by atoms with Crippen LogP contribution in [0.15, 0.2) is 16.7 Å². The van der Waals surface area contributed by atoms with Crippen LogP contribution < -0.4 is 9.64 Å². The first-order valence-corrected chi connectivity index (χ1v) is 14.0. The Morgan fingerprint density at radius 1 is 1.22 bits per heavy atom. The number of carbonyl (C=O) groups is 1. The number of hydrogen-bond acceptors (Lipinski definition) is 8. The summed E-state index contributed by atoms with van der Waals surface area (Å²) in [6, 6.07) is 2.29. The van der Waals surface area contributed by atoms with Gasteiger partial charge in [-0.1, -0.05) is 0 Å². The van der Waals surface area contributed by atoms with Gasteiger partial charge in [-0.25, -0.2) is 14.2 Å². The number of halogens is 2. The largest absolute Gasteiger partial charge is 0.461 e. The van der Waals surface area contributed by atoms with Gasteiger partial charge in [0.2, 0.25) is 0 Å². The molecule has 6 heterocycles. The van der Waals surface area contributed by atoms with Crippen molar-refractivity contribution >= 4 is 38.9 Å². The van der Waals surface area contributed by atoms with Crippen molar-refractivity contribution in [2.24, 2.45) is 0 Å². The van der Waals surface area contributed by atoms with Crippen molar-refractivity contribution in [2.75, 3.05) is 37.7 Å². The first-order valence-electron chi connectivity index (χ1n) is 13.2. The number of alkyl halides is 1. The molecule has 4 fully saturated rings. The van der Waals surface area contributed by atoms with E-state index >= 15 is 0 Å². The summed E-state index contributed by atoms with van der Waals surface area (Å²) in [5.41, 5.74) is 0.583. The average Bonchev–Trinajstić information content (AvgIpc) is 3.43. The molecule has 2 aromatic rings. The van der Waals surface area contributed by atoms with Crippen molar-refractivity contribution in [2.45, 2.75) is 82.3 Å². The van der Waals surface area contributed by atoms with Crippen LogP contribution in [0.5, 0.6) is 6.01 Å². The van der Waals surface area contributed by atoms with E-state index in [0.717, 1.165) is 36.7 Å². The zero-order valence-corrected chi connectivity index (χ0v) is 23.2. The number of piperazine rings is 1. The molecule has 3 unspecified atom stereocenters. The van der Waals surface area contributed by atoms with Gasteiger partial charge in [-0.15, -0.1) is 0 Å². The fraction of sp³-hybridized carbons (Fsp3) is 0.692. The molecular formula is C26H34BrFN6O3. The molecule has 0 aliphatic carbocycles. The van der Waals surface area contributed by atoms with E-state index in [-0.39, 0.29) is 29.7 Å². The smallest absolute Gasteiger partial charge is 0.410 e. The molecule has 11 heteroatoms. The van der Waals surface area contributed by atoms with Crippen LogP contribution in [0, 0.1) is 0 Å². The molecular weight excluding hydrogens is 543 g/mol. The quantitative estimate of drug-likeness (QED) is 0.531. The third-order valence-corrected chi connectivity index (χ3v) is 8.51. The van der Waals surface area contributed by atoms with Crippen LogP contribution in [0.3, 0.4) is 0 Å². The molecule has 6 rings (SSSR count). The monoisotopic (exact) mass is 576 g/mol. The second kappa shape index (κ2) is 9.18. The van der Waals surface area contributed by atoms with E-state index in [9.17, 15) is 9.18 Å². The van der Waals surface area contributed by atoms with Gasteiger partial charge in [0.15, 0.2) is 5.82 Å². The molecule has 2 bridgehead atoms. The molecule has 1 amide bonds. The van der Waals surface area contributed by atoms with Gasteiger partial charge >= 0.3 is 12.1 Å². The minimum Gasteiger partial charge on any atom is -0.461 e. The summed E-state index contributed by atoms with van der Waals surface area (Å²) in [6.45, 7) is 8.73. The highest BCUT2D eigenvalue weighted by molar-refractivity contribution is 9.10. The molecule has 4 saturated heterocycles. The maximum atomic E-state index is 14.2. The predicted octanol–water partition coefficient (Wildman–Crippen LogP) is 4.33. The lowest BCUT2D eigenvalue weighted by molar-refractivity contribution is 0.0122. The molecule has 4 aliphatic rings. The fourth-order valence-corrected chi connectivity index (χ4v) is 6.90. The zero-order valence-electron chi connectivity index (χ0n) is 21.6. The van der Waals surface area contributed by atoms with Gasteiger partial charge in [0.1, 0.15) is 23.9 Å². The number of fused-ring (bicyclic) bond motifs is 4. The van der Waals surface area contributed by atoms with Crippen LogP contribution in [0.4, 0.5) is 15.0 Å². The van der Waals surface area contributed by atoms with E-state index in [0.29, 0.717) is 49.5 Å². The molecule has 0 spiro atoms. The van der Waals surface area contributed by atoms with E-state index < -0.39 is 11.8 Å². The molecule has 0 radical (unpaired) electrons. The lowest BCUT2D eigenvalue weighted by Crippen LogP contribution is -2.57. The maximum Gasteiger partial charge on any atom is 0.410 e. The predicted molar refractivity (Wildman–Crippen MR) is 141 cm³/mol. The SMILES string of the molecule is CC(C)(C)OC(=O)N1C2CCC1CN(c1nc(OCC34CCCN3C[C@H](F)C4)nc3cc(Br)cnc13)C2. The van der Waals surface area contributed by atoms with Gasteiger partial charge in [-0.3, -0.25) is 9.80 Å². The Bertz CT molecular complexity index is 1200. The topological polar surface area (TPSA) is 83.9 Å². The molecule has 200 valence electrons. The normalized spacial score (nSPS) is 29.7. The van der Waals surface area contributed by atoms with Gasteiger partial charge in [-0.2, -0.15) is 9.97 Å². The third-order valence-electron chi connectivity index (χ3n) is 8.08. The number of amides is 1. The van der Waals surface area contributed by atoms with Crippen LogP contribution in [-0.4, -0.2) is 93.0 Å². The van der Waals surface area contributed by atoms with E-state index in [1.807, 2.05) is 31.7 Å². The Morgan fingerprint density at radius 3 is 2.70 bits per heavy atom. The van der Waals surface area contributed by atoms with Crippen molar-refractivity contribution in [1.29, 1.82) is 0 Å². The second-order valence-electron chi connectivity index (χ2n) is 11.9. The molecule has 9 nitrogen and oxygen atoms in total. The Morgan fingerprint density at radius 2 is 1.97 bits per heavy atom. The van der Waals surface area contributed by atoms with Gasteiger partial charge in [0.25, 0.3) is 0 Å². The first-order chi connectivity index (χ1) is 17.6. The number of nitrogens with zero attached hydrogens (tertiary/aromatic N) is 6. The van der Waals surface area contributed by atoms with Gasteiger partial charge in [0, 0.05) is 36.7 Å². The van der Waals surface area contributed by atoms with Crippen molar-refractivity contribution in [3.63, 3.8) is 0 Å². The molecule has 4 aliphatic heterocycles. The zero-order chi connectivity index (χ0) is 25.9. The van der Waals surface area contributed by atoms with E-state index in [1.165, 1.54) is 0 Å². The number of ether oxygens (including phenoxy) is 2. The molecule has 2 aromatic heterocycles. The van der Waals surface area contributed by atoms with Crippen molar-refractivity contribution in [3.05, 3.63) is 16.7 Å². The molecule has 0 saturated carbocycles. The van der Waals surface area contributed by atoms with Gasteiger partial charge < -0.3 is 14.4 Å². The summed E-state index contributed by atoms with van der Waals surface area (Å²) < 4.78 is 27.0. The lowest BCUT2D eigenvalue weighted by atomic mass is 9.95. The Labute approximate surface area is 224 Å². The highest BCUT2D eigenvalue weighted by Crippen LogP contribution is 2.41. The highest BCUT2D eigenvalue weighted by Gasteiger charge is 2.49. The van der Waals surface area contributed by atoms with Crippen molar-refractivity contribution < 1.29 is 18.7 Å². The number of hydrogen-bond donors (Lipinski definition) is 0. The third kappa shape index (κ3) is 4.73. The van der Waals surface area contributed by atoms with Crippen LogP contribution >= 0.6 is 15.9 Å². The molecule has 37 heavy (non-hydrogen) atoms. The minimum absolute atomic E-state index is 0.0457. The number of rotatable bonds is 4.